The van der Waals surface area contributed by atoms with Crippen molar-refractivity contribution in [2.75, 3.05) is 13.7 Å². The molecule has 3 aromatic rings. The molecule has 1 unspecified atom stereocenters. The average molecular weight is 498 g/mol. The molecule has 35 heavy (non-hydrogen) atoms. The van der Waals surface area contributed by atoms with Gasteiger partial charge in [0.05, 0.1) is 19.8 Å². The maximum atomic E-state index is 13.9. The first-order valence-electron chi connectivity index (χ1n) is 11.4. The zero-order chi connectivity index (χ0) is 24.9. The Balaban J connectivity index is 1.68. The van der Waals surface area contributed by atoms with Gasteiger partial charge in [0.2, 0.25) is 5.91 Å². The van der Waals surface area contributed by atoms with Crippen LogP contribution >= 0.6 is 7.60 Å². The molecule has 186 valence electrons. The van der Waals surface area contributed by atoms with E-state index < -0.39 is 13.4 Å². The SMILES string of the molecule is COC(CCN(OCc1ccccc1)C(C)=O)P(=O)(OCc1ccccc1)OCc1ccccc1. The fraction of sp³-hybridized carbons (Fsp3) is 0.296. The number of methoxy groups -OCH3 is 1. The molecule has 0 aliphatic heterocycles. The molecule has 0 aliphatic rings. The zero-order valence-electron chi connectivity index (χ0n) is 20.1. The van der Waals surface area contributed by atoms with Crippen LogP contribution in [-0.2, 0) is 47.8 Å². The molecule has 0 saturated heterocycles. The molecule has 0 heterocycles. The Bertz CT molecular complexity index is 1020. The third-order valence-corrected chi connectivity index (χ3v) is 7.45. The number of carbonyl (C=O) groups is 1. The molecule has 0 radical (unpaired) electrons. The highest BCUT2D eigenvalue weighted by Crippen LogP contribution is 2.55. The summed E-state index contributed by atoms with van der Waals surface area (Å²) in [5, 5.41) is 1.25. The number of hydrogen-bond acceptors (Lipinski definition) is 6. The third kappa shape index (κ3) is 8.73. The van der Waals surface area contributed by atoms with E-state index in [1.807, 2.05) is 91.0 Å². The van der Waals surface area contributed by atoms with Gasteiger partial charge in [-0.1, -0.05) is 91.0 Å². The summed E-state index contributed by atoms with van der Waals surface area (Å²) in [5.41, 5.74) is 2.66. The van der Waals surface area contributed by atoms with Crippen LogP contribution < -0.4 is 0 Å². The van der Waals surface area contributed by atoms with E-state index in [-0.39, 0.29) is 38.7 Å². The number of hydrogen-bond donors (Lipinski definition) is 0. The van der Waals surface area contributed by atoms with Crippen LogP contribution in [0.1, 0.15) is 30.0 Å². The van der Waals surface area contributed by atoms with Crippen LogP contribution in [0.15, 0.2) is 91.0 Å². The van der Waals surface area contributed by atoms with Crippen molar-refractivity contribution in [3.05, 3.63) is 108 Å². The van der Waals surface area contributed by atoms with Crippen LogP contribution in [0.3, 0.4) is 0 Å². The molecule has 0 fully saturated rings. The van der Waals surface area contributed by atoms with Crippen LogP contribution in [0.2, 0.25) is 0 Å². The van der Waals surface area contributed by atoms with Crippen molar-refractivity contribution in [2.24, 2.45) is 0 Å². The lowest BCUT2D eigenvalue weighted by molar-refractivity contribution is -0.190. The fourth-order valence-corrected chi connectivity index (χ4v) is 5.11. The van der Waals surface area contributed by atoms with Crippen molar-refractivity contribution < 1.29 is 28.0 Å². The van der Waals surface area contributed by atoms with Crippen LogP contribution in [0.5, 0.6) is 0 Å². The maximum Gasteiger partial charge on any atom is 0.359 e. The van der Waals surface area contributed by atoms with E-state index in [1.54, 1.807) is 0 Å². The van der Waals surface area contributed by atoms with Gasteiger partial charge >= 0.3 is 7.60 Å². The summed E-state index contributed by atoms with van der Waals surface area (Å²) in [6, 6.07) is 28.5. The number of ether oxygens (including phenoxy) is 1. The predicted molar refractivity (Wildman–Crippen MR) is 134 cm³/mol. The molecule has 0 N–H and O–H groups in total. The van der Waals surface area contributed by atoms with E-state index in [0.717, 1.165) is 16.7 Å². The standard InChI is InChI=1S/C27H32NO6P/c1-23(29)28(32-20-24-12-6-3-7-13-24)19-18-27(31-2)35(30,33-21-25-14-8-4-9-15-25)34-22-26-16-10-5-11-17-26/h3-17,27H,18-22H2,1-2H3. The first-order valence-corrected chi connectivity index (χ1v) is 13.1. The van der Waals surface area contributed by atoms with E-state index in [4.69, 9.17) is 18.6 Å². The second kappa shape index (κ2) is 13.9. The molecule has 3 rings (SSSR count). The lowest BCUT2D eigenvalue weighted by atomic mass is 10.2. The number of hydroxylamine groups is 2. The van der Waals surface area contributed by atoms with Crippen LogP contribution in [0, 0.1) is 0 Å². The molecule has 0 saturated carbocycles. The van der Waals surface area contributed by atoms with Gasteiger partial charge in [0.15, 0.2) is 5.85 Å². The largest absolute Gasteiger partial charge is 0.369 e. The second-order valence-corrected chi connectivity index (χ2v) is 10.1. The highest BCUT2D eigenvalue weighted by atomic mass is 31.2. The van der Waals surface area contributed by atoms with E-state index in [2.05, 4.69) is 0 Å². The summed E-state index contributed by atoms with van der Waals surface area (Å²) in [7, 11) is -2.28. The molecular formula is C27H32NO6P. The summed E-state index contributed by atoms with van der Waals surface area (Å²) in [5.74, 6) is -1.15. The minimum absolute atomic E-state index is 0.105. The number of amides is 1. The smallest absolute Gasteiger partial charge is 0.359 e. The topological polar surface area (TPSA) is 74.3 Å². The van der Waals surface area contributed by atoms with Crippen molar-refractivity contribution in [1.29, 1.82) is 0 Å². The number of rotatable bonds is 14. The minimum atomic E-state index is -3.74. The summed E-state index contributed by atoms with van der Waals surface area (Å²) >= 11 is 0. The van der Waals surface area contributed by atoms with Crippen molar-refractivity contribution in [3.63, 3.8) is 0 Å². The molecule has 0 aliphatic carbocycles. The molecule has 8 heteroatoms. The molecule has 3 aromatic carbocycles. The Morgan fingerprint density at radius 3 is 1.60 bits per heavy atom. The van der Waals surface area contributed by atoms with Gasteiger partial charge in [-0.3, -0.25) is 14.2 Å². The van der Waals surface area contributed by atoms with Crippen LogP contribution in [-0.4, -0.2) is 30.5 Å². The Labute approximate surface area is 207 Å². The molecule has 1 amide bonds. The Hall–Kier alpha value is -2.80. The Morgan fingerprint density at radius 2 is 1.20 bits per heavy atom. The van der Waals surface area contributed by atoms with Crippen molar-refractivity contribution in [3.8, 4) is 0 Å². The number of benzene rings is 3. The summed E-state index contributed by atoms with van der Waals surface area (Å²) in [6.07, 6.45) is 0.200. The van der Waals surface area contributed by atoms with Gasteiger partial charge in [0.1, 0.15) is 6.61 Å². The molecule has 0 aromatic heterocycles. The number of nitrogens with zero attached hydrogens (tertiary/aromatic N) is 1. The zero-order valence-corrected chi connectivity index (χ0v) is 21.0. The van der Waals surface area contributed by atoms with Crippen LogP contribution in [0.25, 0.3) is 0 Å². The van der Waals surface area contributed by atoms with E-state index in [9.17, 15) is 9.36 Å². The van der Waals surface area contributed by atoms with Crippen LogP contribution in [0.4, 0.5) is 0 Å². The maximum absolute atomic E-state index is 13.9. The Morgan fingerprint density at radius 1 is 0.771 bits per heavy atom. The van der Waals surface area contributed by atoms with Gasteiger partial charge in [-0.2, -0.15) is 0 Å². The van der Waals surface area contributed by atoms with Gasteiger partial charge in [0.25, 0.3) is 0 Å². The van der Waals surface area contributed by atoms with Crippen molar-refractivity contribution in [2.45, 2.75) is 39.0 Å². The molecule has 0 bridgehead atoms. The fourth-order valence-electron chi connectivity index (χ4n) is 3.35. The lowest BCUT2D eigenvalue weighted by Crippen LogP contribution is -2.32. The molecule has 1 atom stereocenters. The summed E-state index contributed by atoms with van der Waals surface area (Å²) in [4.78, 5) is 17.9. The first kappa shape index (κ1) is 26.8. The summed E-state index contributed by atoms with van der Waals surface area (Å²) in [6.45, 7) is 2.03. The molecular weight excluding hydrogens is 465 g/mol. The van der Waals surface area contributed by atoms with Gasteiger partial charge in [0, 0.05) is 20.5 Å². The first-order chi connectivity index (χ1) is 17.0. The van der Waals surface area contributed by atoms with Gasteiger partial charge in [-0.15, -0.1) is 0 Å². The molecule has 7 nitrogen and oxygen atoms in total. The predicted octanol–water partition coefficient (Wildman–Crippen LogP) is 5.96. The second-order valence-electron chi connectivity index (χ2n) is 7.92. The summed E-state index contributed by atoms with van der Waals surface area (Å²) < 4.78 is 31.3. The average Bonchev–Trinajstić information content (AvgIpc) is 2.90. The Kier molecular flexibility index (Phi) is 10.7. The van der Waals surface area contributed by atoms with E-state index in [1.165, 1.54) is 19.1 Å². The minimum Gasteiger partial charge on any atom is -0.369 e. The van der Waals surface area contributed by atoms with Gasteiger partial charge < -0.3 is 13.8 Å². The third-order valence-electron chi connectivity index (χ3n) is 5.29. The van der Waals surface area contributed by atoms with Crippen molar-refractivity contribution in [1.82, 2.24) is 5.06 Å². The van der Waals surface area contributed by atoms with E-state index in [0.29, 0.717) is 0 Å². The highest BCUT2D eigenvalue weighted by molar-refractivity contribution is 7.54. The molecule has 0 spiro atoms. The van der Waals surface area contributed by atoms with Crippen molar-refractivity contribution >= 4 is 13.5 Å². The highest BCUT2D eigenvalue weighted by Gasteiger charge is 2.37. The normalized spacial score (nSPS) is 12.3. The lowest BCUT2D eigenvalue weighted by Gasteiger charge is -2.28. The monoisotopic (exact) mass is 497 g/mol. The van der Waals surface area contributed by atoms with Gasteiger partial charge in [-0.25, -0.2) is 5.06 Å². The van der Waals surface area contributed by atoms with E-state index >= 15 is 0 Å². The van der Waals surface area contributed by atoms with Gasteiger partial charge in [-0.05, 0) is 16.7 Å². The number of carbonyl (C=O) groups excluding carboxylic acids is 1. The quantitative estimate of drug-likeness (QED) is 0.202.